The summed E-state index contributed by atoms with van der Waals surface area (Å²) in [6, 6.07) is 5.05. The van der Waals surface area contributed by atoms with Crippen molar-refractivity contribution in [3.63, 3.8) is 0 Å². The summed E-state index contributed by atoms with van der Waals surface area (Å²) < 4.78 is 44.2. The molecule has 1 aromatic carbocycles. The van der Waals surface area contributed by atoms with Gasteiger partial charge in [-0.3, -0.25) is 14.5 Å². The van der Waals surface area contributed by atoms with Crippen LogP contribution in [-0.4, -0.2) is 85.0 Å². The summed E-state index contributed by atoms with van der Waals surface area (Å²) in [4.78, 5) is 31.3. The summed E-state index contributed by atoms with van der Waals surface area (Å²) in [5, 5.41) is 0. The molecule has 1 aromatic rings. The smallest absolute Gasteiger partial charge is 0.378 e. The molecular formula is C22H28F3N3O3. The molecule has 6 nitrogen and oxygen atoms in total. The van der Waals surface area contributed by atoms with Crippen LogP contribution in [0.3, 0.4) is 0 Å². The van der Waals surface area contributed by atoms with Crippen LogP contribution in [0.2, 0.25) is 0 Å². The van der Waals surface area contributed by atoms with E-state index in [-0.39, 0.29) is 29.7 Å². The predicted octanol–water partition coefficient (Wildman–Crippen LogP) is 2.20. The Morgan fingerprint density at radius 2 is 1.71 bits per heavy atom. The molecule has 31 heavy (non-hydrogen) atoms. The SMILES string of the molecule is CC(C(=O)N1CCOCC1)N1CCN(C(=O)C2CC2c2cccc(C(F)(F)F)c2)CC1. The maximum Gasteiger partial charge on any atom is 0.416 e. The van der Waals surface area contributed by atoms with Crippen LogP contribution in [0.25, 0.3) is 0 Å². The number of morpholine rings is 1. The molecule has 2 aliphatic heterocycles. The largest absolute Gasteiger partial charge is 0.416 e. The van der Waals surface area contributed by atoms with Gasteiger partial charge in [0.05, 0.1) is 24.8 Å². The zero-order valence-electron chi connectivity index (χ0n) is 17.6. The van der Waals surface area contributed by atoms with Gasteiger partial charge in [0.25, 0.3) is 0 Å². The van der Waals surface area contributed by atoms with Crippen molar-refractivity contribution in [2.24, 2.45) is 5.92 Å². The van der Waals surface area contributed by atoms with Gasteiger partial charge in [0.2, 0.25) is 11.8 Å². The fourth-order valence-corrected chi connectivity index (χ4v) is 4.55. The van der Waals surface area contributed by atoms with Crippen LogP contribution in [0.4, 0.5) is 13.2 Å². The monoisotopic (exact) mass is 439 g/mol. The highest BCUT2D eigenvalue weighted by molar-refractivity contribution is 5.83. The molecule has 2 amide bonds. The molecule has 0 radical (unpaired) electrons. The Kier molecular flexibility index (Phi) is 6.25. The van der Waals surface area contributed by atoms with Crippen molar-refractivity contribution in [1.82, 2.24) is 14.7 Å². The molecule has 3 atom stereocenters. The minimum absolute atomic E-state index is 0.00854. The molecule has 3 aliphatic rings. The van der Waals surface area contributed by atoms with Gasteiger partial charge < -0.3 is 14.5 Å². The van der Waals surface area contributed by atoms with E-state index >= 15 is 0 Å². The molecule has 3 fully saturated rings. The summed E-state index contributed by atoms with van der Waals surface area (Å²) in [6.45, 7) is 6.55. The van der Waals surface area contributed by atoms with Crippen molar-refractivity contribution in [3.8, 4) is 0 Å². The van der Waals surface area contributed by atoms with E-state index in [1.165, 1.54) is 6.07 Å². The summed E-state index contributed by atoms with van der Waals surface area (Å²) in [7, 11) is 0. The summed E-state index contributed by atoms with van der Waals surface area (Å²) in [6.07, 6.45) is -3.79. The zero-order chi connectivity index (χ0) is 22.2. The number of amides is 2. The second-order valence-corrected chi connectivity index (χ2v) is 8.55. The fraction of sp³-hybridized carbons (Fsp3) is 0.636. The van der Waals surface area contributed by atoms with Gasteiger partial charge in [0.15, 0.2) is 0 Å². The van der Waals surface area contributed by atoms with E-state index in [0.717, 1.165) is 12.1 Å². The molecule has 9 heteroatoms. The van der Waals surface area contributed by atoms with Crippen molar-refractivity contribution >= 4 is 11.8 Å². The normalized spacial score (nSPS) is 25.9. The van der Waals surface area contributed by atoms with Crippen LogP contribution in [0.15, 0.2) is 24.3 Å². The van der Waals surface area contributed by atoms with Gasteiger partial charge in [0, 0.05) is 45.2 Å². The second kappa shape index (κ2) is 8.78. The Bertz CT molecular complexity index is 818. The fourth-order valence-electron chi connectivity index (χ4n) is 4.55. The quantitative estimate of drug-likeness (QED) is 0.722. The Labute approximate surface area is 179 Å². The van der Waals surface area contributed by atoms with E-state index < -0.39 is 11.7 Å². The lowest BCUT2D eigenvalue weighted by Gasteiger charge is -2.39. The second-order valence-electron chi connectivity index (χ2n) is 8.55. The van der Waals surface area contributed by atoms with Gasteiger partial charge in [-0.2, -0.15) is 13.2 Å². The number of hydrogen-bond donors (Lipinski definition) is 0. The highest BCUT2D eigenvalue weighted by atomic mass is 19.4. The van der Waals surface area contributed by atoms with Crippen LogP contribution in [-0.2, 0) is 20.5 Å². The summed E-state index contributed by atoms with van der Waals surface area (Å²) in [5.41, 5.74) is -0.0906. The topological polar surface area (TPSA) is 53.1 Å². The first-order valence-corrected chi connectivity index (χ1v) is 10.8. The van der Waals surface area contributed by atoms with Crippen molar-refractivity contribution < 1.29 is 27.5 Å². The van der Waals surface area contributed by atoms with Crippen LogP contribution in [0.5, 0.6) is 0 Å². The van der Waals surface area contributed by atoms with E-state index in [1.54, 1.807) is 11.0 Å². The first-order valence-electron chi connectivity index (χ1n) is 10.8. The van der Waals surface area contributed by atoms with Crippen molar-refractivity contribution in [1.29, 1.82) is 0 Å². The van der Waals surface area contributed by atoms with Gasteiger partial charge in [0.1, 0.15) is 0 Å². The first kappa shape index (κ1) is 22.1. The number of halogens is 3. The van der Waals surface area contributed by atoms with E-state index in [2.05, 4.69) is 4.90 Å². The third-order valence-corrected chi connectivity index (χ3v) is 6.60. The van der Waals surface area contributed by atoms with Gasteiger partial charge in [-0.25, -0.2) is 0 Å². The number of carbonyl (C=O) groups excluding carboxylic acids is 2. The van der Waals surface area contributed by atoms with E-state index in [1.807, 2.05) is 11.8 Å². The number of piperazine rings is 1. The van der Waals surface area contributed by atoms with Crippen molar-refractivity contribution in [2.75, 3.05) is 52.5 Å². The first-order chi connectivity index (χ1) is 14.8. The van der Waals surface area contributed by atoms with E-state index in [9.17, 15) is 22.8 Å². The van der Waals surface area contributed by atoms with Gasteiger partial charge in [-0.1, -0.05) is 18.2 Å². The number of rotatable bonds is 4. The van der Waals surface area contributed by atoms with Crippen LogP contribution in [0.1, 0.15) is 30.4 Å². The average Bonchev–Trinajstić information content (AvgIpc) is 3.59. The van der Waals surface area contributed by atoms with Crippen LogP contribution in [0, 0.1) is 5.92 Å². The Morgan fingerprint density at radius 3 is 2.35 bits per heavy atom. The number of carbonyl (C=O) groups is 2. The highest BCUT2D eigenvalue weighted by Gasteiger charge is 2.47. The van der Waals surface area contributed by atoms with E-state index in [4.69, 9.17) is 4.74 Å². The molecule has 3 unspecified atom stereocenters. The Hall–Kier alpha value is -2.13. The number of nitrogens with zero attached hydrogens (tertiary/aromatic N) is 3. The number of hydrogen-bond acceptors (Lipinski definition) is 4. The maximum absolute atomic E-state index is 13.0. The Morgan fingerprint density at radius 1 is 1.03 bits per heavy atom. The molecule has 0 N–H and O–H groups in total. The predicted molar refractivity (Wildman–Crippen MR) is 107 cm³/mol. The molecule has 1 saturated carbocycles. The number of benzene rings is 1. The third-order valence-electron chi connectivity index (χ3n) is 6.60. The van der Waals surface area contributed by atoms with Crippen LogP contribution < -0.4 is 0 Å². The summed E-state index contributed by atoms with van der Waals surface area (Å²) in [5.74, 6) is -0.291. The highest BCUT2D eigenvalue weighted by Crippen LogP contribution is 2.49. The third kappa shape index (κ3) is 4.87. The molecule has 2 saturated heterocycles. The van der Waals surface area contributed by atoms with Crippen molar-refractivity contribution in [2.45, 2.75) is 31.5 Å². The van der Waals surface area contributed by atoms with E-state index in [0.29, 0.717) is 64.5 Å². The lowest BCUT2D eigenvalue weighted by Crippen LogP contribution is -2.56. The Balaban J connectivity index is 1.29. The van der Waals surface area contributed by atoms with Gasteiger partial charge in [-0.15, -0.1) is 0 Å². The lowest BCUT2D eigenvalue weighted by molar-refractivity contribution is -0.142. The van der Waals surface area contributed by atoms with Gasteiger partial charge >= 0.3 is 6.18 Å². The lowest BCUT2D eigenvalue weighted by atomic mass is 10.0. The molecule has 0 aromatic heterocycles. The van der Waals surface area contributed by atoms with Gasteiger partial charge in [-0.05, 0) is 30.9 Å². The average molecular weight is 439 g/mol. The number of alkyl halides is 3. The minimum Gasteiger partial charge on any atom is -0.378 e. The zero-order valence-corrected chi connectivity index (χ0v) is 17.6. The molecule has 0 bridgehead atoms. The summed E-state index contributed by atoms with van der Waals surface area (Å²) >= 11 is 0. The minimum atomic E-state index is -4.38. The van der Waals surface area contributed by atoms with Crippen molar-refractivity contribution in [3.05, 3.63) is 35.4 Å². The molecule has 1 aliphatic carbocycles. The molecular weight excluding hydrogens is 411 g/mol. The molecule has 4 rings (SSSR count). The molecule has 170 valence electrons. The standard InChI is InChI=1S/C22H28F3N3O3/c1-15(20(29)28-9-11-31-12-10-28)26-5-7-27(8-6-26)21(30)19-14-18(19)16-3-2-4-17(13-16)22(23,24)25/h2-4,13,15,18-19H,5-12,14H2,1H3. The maximum atomic E-state index is 13.0. The van der Waals surface area contributed by atoms with Crippen LogP contribution >= 0.6 is 0 Å². The molecule has 0 spiro atoms. The number of ether oxygens (including phenoxy) is 1. The molecule has 2 heterocycles.